The summed E-state index contributed by atoms with van der Waals surface area (Å²) < 4.78 is 8.19. The van der Waals surface area contributed by atoms with E-state index in [1.807, 2.05) is 37.5 Å². The zero-order valence-corrected chi connectivity index (χ0v) is 12.6. The summed E-state index contributed by atoms with van der Waals surface area (Å²) >= 11 is 0. The van der Waals surface area contributed by atoms with Crippen LogP contribution in [0.1, 0.15) is 16.8 Å². The molecule has 0 saturated heterocycles. The van der Waals surface area contributed by atoms with E-state index in [0.717, 1.165) is 28.2 Å². The third-order valence-corrected chi connectivity index (χ3v) is 3.54. The van der Waals surface area contributed by atoms with Gasteiger partial charge in [0.05, 0.1) is 0 Å². The lowest BCUT2D eigenvalue weighted by Crippen LogP contribution is -2.08. The number of nitrogens with zero attached hydrogens (tertiary/aromatic N) is 2. The largest absolute Gasteiger partial charge is 0.437 e. The van der Waals surface area contributed by atoms with Gasteiger partial charge < -0.3 is 10.1 Å². The summed E-state index contributed by atoms with van der Waals surface area (Å²) in [6.45, 7) is 4.80. The summed E-state index contributed by atoms with van der Waals surface area (Å²) in [7, 11) is 1.92. The van der Waals surface area contributed by atoms with Gasteiger partial charge in [-0.3, -0.25) is 4.40 Å². The summed E-state index contributed by atoms with van der Waals surface area (Å²) in [5, 5.41) is 3.18. The van der Waals surface area contributed by atoms with Crippen LogP contribution in [0.15, 0.2) is 42.6 Å². The molecule has 21 heavy (non-hydrogen) atoms. The minimum atomic E-state index is 0.660. The third kappa shape index (κ3) is 2.50. The number of fused-ring (bicyclic) bond motifs is 1. The number of imidazole rings is 1. The molecule has 4 nitrogen and oxygen atoms in total. The molecule has 108 valence electrons. The lowest BCUT2D eigenvalue weighted by Gasteiger charge is -2.11. The van der Waals surface area contributed by atoms with E-state index >= 15 is 0 Å². The number of pyridine rings is 1. The van der Waals surface area contributed by atoms with Crippen LogP contribution in [0.25, 0.3) is 5.65 Å². The van der Waals surface area contributed by atoms with Crippen LogP contribution in [-0.4, -0.2) is 16.4 Å². The Morgan fingerprint density at radius 1 is 1.10 bits per heavy atom. The van der Waals surface area contributed by atoms with E-state index in [0.29, 0.717) is 12.4 Å². The van der Waals surface area contributed by atoms with Gasteiger partial charge in [-0.1, -0.05) is 24.3 Å². The molecular weight excluding hydrogens is 262 g/mol. The van der Waals surface area contributed by atoms with Crippen LogP contribution in [0, 0.1) is 13.8 Å². The molecule has 2 heterocycles. The van der Waals surface area contributed by atoms with Gasteiger partial charge in [-0.15, -0.1) is 0 Å². The quantitative estimate of drug-likeness (QED) is 0.796. The molecule has 1 aromatic carbocycles. The van der Waals surface area contributed by atoms with E-state index in [2.05, 4.69) is 40.7 Å². The van der Waals surface area contributed by atoms with Gasteiger partial charge in [0.1, 0.15) is 17.1 Å². The van der Waals surface area contributed by atoms with E-state index in [1.165, 1.54) is 0 Å². The first kappa shape index (κ1) is 13.6. The molecule has 0 aliphatic heterocycles. The van der Waals surface area contributed by atoms with Crippen LogP contribution < -0.4 is 10.1 Å². The number of hydrogen-bond donors (Lipinski definition) is 1. The third-order valence-electron chi connectivity index (χ3n) is 3.54. The molecule has 0 fully saturated rings. The van der Waals surface area contributed by atoms with E-state index < -0.39 is 0 Å². The maximum atomic E-state index is 6.14. The highest BCUT2D eigenvalue weighted by atomic mass is 16.5. The average Bonchev–Trinajstić information content (AvgIpc) is 2.82. The van der Waals surface area contributed by atoms with Gasteiger partial charge in [0, 0.05) is 12.7 Å². The van der Waals surface area contributed by atoms with Crippen molar-refractivity contribution in [3.8, 4) is 11.6 Å². The van der Waals surface area contributed by atoms with Gasteiger partial charge in [-0.25, -0.2) is 0 Å². The summed E-state index contributed by atoms with van der Waals surface area (Å²) in [4.78, 5) is 4.61. The van der Waals surface area contributed by atoms with Gasteiger partial charge in [0.15, 0.2) is 0 Å². The highest BCUT2D eigenvalue weighted by Crippen LogP contribution is 2.30. The SMILES string of the molecule is CNCc1c(Oc2c(C)cccc2C)nc2ccccn12. The maximum absolute atomic E-state index is 6.14. The molecule has 4 heteroatoms. The topological polar surface area (TPSA) is 38.6 Å². The Labute approximate surface area is 124 Å². The summed E-state index contributed by atoms with van der Waals surface area (Å²) in [5.41, 5.74) is 4.14. The van der Waals surface area contributed by atoms with E-state index in [1.54, 1.807) is 0 Å². The molecule has 0 radical (unpaired) electrons. The predicted molar refractivity (Wildman–Crippen MR) is 83.9 cm³/mol. The van der Waals surface area contributed by atoms with E-state index in [4.69, 9.17) is 4.74 Å². The number of nitrogens with one attached hydrogen (secondary N) is 1. The highest BCUT2D eigenvalue weighted by Gasteiger charge is 2.15. The second-order valence-corrected chi connectivity index (χ2v) is 5.15. The Hall–Kier alpha value is -2.33. The monoisotopic (exact) mass is 281 g/mol. The lowest BCUT2D eigenvalue weighted by atomic mass is 10.1. The fourth-order valence-electron chi connectivity index (χ4n) is 2.49. The normalized spacial score (nSPS) is 11.0. The first-order valence-corrected chi connectivity index (χ1v) is 7.05. The van der Waals surface area contributed by atoms with Crippen molar-refractivity contribution < 1.29 is 4.74 Å². The van der Waals surface area contributed by atoms with Crippen LogP contribution in [-0.2, 0) is 6.54 Å². The fourth-order valence-corrected chi connectivity index (χ4v) is 2.49. The first-order chi connectivity index (χ1) is 10.2. The van der Waals surface area contributed by atoms with Gasteiger partial charge in [-0.05, 0) is 44.2 Å². The summed E-state index contributed by atoms with van der Waals surface area (Å²) in [6.07, 6.45) is 2.01. The zero-order valence-electron chi connectivity index (χ0n) is 12.6. The number of rotatable bonds is 4. The molecule has 0 bridgehead atoms. The van der Waals surface area contributed by atoms with Gasteiger partial charge >= 0.3 is 0 Å². The maximum Gasteiger partial charge on any atom is 0.242 e. The average molecular weight is 281 g/mol. The molecule has 0 aliphatic rings. The van der Waals surface area contributed by atoms with Gasteiger partial charge in [0.25, 0.3) is 0 Å². The lowest BCUT2D eigenvalue weighted by molar-refractivity contribution is 0.450. The van der Waals surface area contributed by atoms with Crippen molar-refractivity contribution in [2.24, 2.45) is 0 Å². The molecule has 3 rings (SSSR count). The molecular formula is C17H19N3O. The minimum Gasteiger partial charge on any atom is -0.437 e. The Balaban J connectivity index is 2.10. The van der Waals surface area contributed by atoms with Crippen molar-refractivity contribution in [3.63, 3.8) is 0 Å². The van der Waals surface area contributed by atoms with Crippen LogP contribution in [0.3, 0.4) is 0 Å². The minimum absolute atomic E-state index is 0.660. The van der Waals surface area contributed by atoms with Crippen molar-refractivity contribution >= 4 is 5.65 Å². The Morgan fingerprint density at radius 3 is 2.57 bits per heavy atom. The van der Waals surface area contributed by atoms with Crippen LogP contribution in [0.4, 0.5) is 0 Å². The predicted octanol–water partition coefficient (Wildman–Crippen LogP) is 3.46. The number of aromatic nitrogens is 2. The first-order valence-electron chi connectivity index (χ1n) is 7.05. The van der Waals surface area contributed by atoms with Crippen LogP contribution in [0.5, 0.6) is 11.6 Å². The second-order valence-electron chi connectivity index (χ2n) is 5.15. The van der Waals surface area contributed by atoms with E-state index in [9.17, 15) is 0 Å². The van der Waals surface area contributed by atoms with Crippen molar-refractivity contribution in [1.82, 2.24) is 14.7 Å². The zero-order chi connectivity index (χ0) is 14.8. The molecule has 0 amide bonds. The molecule has 0 saturated carbocycles. The Bertz CT molecular complexity index is 757. The summed E-state index contributed by atoms with van der Waals surface area (Å²) in [6, 6.07) is 12.1. The van der Waals surface area contributed by atoms with Crippen molar-refractivity contribution in [2.45, 2.75) is 20.4 Å². The highest BCUT2D eigenvalue weighted by molar-refractivity contribution is 5.48. The van der Waals surface area contributed by atoms with Crippen LogP contribution in [0.2, 0.25) is 0 Å². The molecule has 0 aliphatic carbocycles. The van der Waals surface area contributed by atoms with E-state index in [-0.39, 0.29) is 0 Å². The second kappa shape index (κ2) is 5.58. The number of benzene rings is 1. The molecule has 2 aromatic heterocycles. The molecule has 0 atom stereocenters. The number of hydrogen-bond acceptors (Lipinski definition) is 3. The Morgan fingerprint density at radius 2 is 1.86 bits per heavy atom. The molecule has 0 spiro atoms. The number of ether oxygens (including phenoxy) is 1. The molecule has 3 aromatic rings. The van der Waals surface area contributed by atoms with Crippen molar-refractivity contribution in [1.29, 1.82) is 0 Å². The standard InChI is InChI=1S/C17H19N3O/c1-12-7-6-8-13(2)16(12)21-17-14(11-18-3)20-10-5-4-9-15(20)19-17/h4-10,18H,11H2,1-3H3. The van der Waals surface area contributed by atoms with Crippen LogP contribution >= 0.6 is 0 Å². The number of para-hydroxylation sites is 1. The molecule has 0 unspecified atom stereocenters. The van der Waals surface area contributed by atoms with Crippen molar-refractivity contribution in [3.05, 3.63) is 59.4 Å². The Kier molecular flexibility index (Phi) is 3.62. The molecule has 1 N–H and O–H groups in total. The van der Waals surface area contributed by atoms with Gasteiger partial charge in [0.2, 0.25) is 5.88 Å². The van der Waals surface area contributed by atoms with Crippen molar-refractivity contribution in [2.75, 3.05) is 7.05 Å². The summed E-state index contributed by atoms with van der Waals surface area (Å²) in [5.74, 6) is 1.55. The fraction of sp³-hybridized carbons (Fsp3) is 0.235. The number of aryl methyl sites for hydroxylation is 2. The smallest absolute Gasteiger partial charge is 0.242 e. The van der Waals surface area contributed by atoms with Gasteiger partial charge in [-0.2, -0.15) is 4.98 Å².